The van der Waals surface area contributed by atoms with Crippen LogP contribution < -0.4 is 16.4 Å². The van der Waals surface area contributed by atoms with Gasteiger partial charge in [0.15, 0.2) is 5.82 Å². The molecule has 1 saturated heterocycles. The lowest BCUT2D eigenvalue weighted by atomic mass is 10.0. The molecule has 0 spiro atoms. The summed E-state index contributed by atoms with van der Waals surface area (Å²) in [4.78, 5) is 12.1. The van der Waals surface area contributed by atoms with Crippen LogP contribution in [0.5, 0.6) is 0 Å². The number of amides is 1. The molecule has 1 amide bonds. The summed E-state index contributed by atoms with van der Waals surface area (Å²) >= 11 is 0. The van der Waals surface area contributed by atoms with Crippen LogP contribution in [-0.4, -0.2) is 28.8 Å². The fourth-order valence-electron chi connectivity index (χ4n) is 2.68. The summed E-state index contributed by atoms with van der Waals surface area (Å²) in [6, 6.07) is 11.5. The minimum absolute atomic E-state index is 0.119. The molecule has 2 aromatic rings. The topological polar surface area (TPSA) is 85.0 Å². The highest BCUT2D eigenvalue weighted by atomic mass is 16.1. The van der Waals surface area contributed by atoms with E-state index in [4.69, 9.17) is 5.73 Å². The van der Waals surface area contributed by atoms with Gasteiger partial charge in [-0.3, -0.25) is 9.48 Å². The van der Waals surface area contributed by atoms with Crippen molar-refractivity contribution >= 4 is 11.7 Å². The zero-order valence-electron chi connectivity index (χ0n) is 12.4. The summed E-state index contributed by atoms with van der Waals surface area (Å²) < 4.78 is 1.91. The van der Waals surface area contributed by atoms with Crippen LogP contribution in [0.3, 0.4) is 0 Å². The summed E-state index contributed by atoms with van der Waals surface area (Å²) in [5.74, 6) is 0.461. The van der Waals surface area contributed by atoms with E-state index in [1.54, 1.807) is 0 Å². The van der Waals surface area contributed by atoms with Crippen molar-refractivity contribution in [1.29, 1.82) is 0 Å². The normalized spacial score (nSPS) is 19.0. The molecular formula is C16H21N5O. The largest absolute Gasteiger partial charge is 0.324 e. The predicted octanol–water partition coefficient (Wildman–Crippen LogP) is 1.45. The molecule has 2 atom stereocenters. The third-order valence-electron chi connectivity index (χ3n) is 3.92. The van der Waals surface area contributed by atoms with Gasteiger partial charge in [-0.25, -0.2) is 0 Å². The molecule has 22 heavy (non-hydrogen) atoms. The highest BCUT2D eigenvalue weighted by Gasteiger charge is 2.18. The maximum atomic E-state index is 12.1. The number of carbonyl (C=O) groups excluding carboxylic acids is 1. The highest BCUT2D eigenvalue weighted by molar-refractivity contribution is 5.90. The van der Waals surface area contributed by atoms with Crippen LogP contribution in [0.1, 0.15) is 30.5 Å². The van der Waals surface area contributed by atoms with Gasteiger partial charge in [0.05, 0.1) is 6.04 Å². The Morgan fingerprint density at radius 1 is 1.41 bits per heavy atom. The molecule has 1 aliphatic heterocycles. The van der Waals surface area contributed by atoms with Crippen LogP contribution in [0.4, 0.5) is 5.82 Å². The lowest BCUT2D eigenvalue weighted by Gasteiger charge is -2.11. The Morgan fingerprint density at radius 3 is 2.95 bits per heavy atom. The Balaban J connectivity index is 1.55. The summed E-state index contributed by atoms with van der Waals surface area (Å²) in [5.41, 5.74) is 7.02. The van der Waals surface area contributed by atoms with E-state index in [0.29, 0.717) is 11.9 Å². The van der Waals surface area contributed by atoms with E-state index in [2.05, 4.69) is 15.7 Å². The summed E-state index contributed by atoms with van der Waals surface area (Å²) in [6.07, 6.45) is 3.21. The van der Waals surface area contributed by atoms with Crippen molar-refractivity contribution in [2.45, 2.75) is 24.9 Å². The number of benzene rings is 1. The van der Waals surface area contributed by atoms with Crippen LogP contribution >= 0.6 is 0 Å². The van der Waals surface area contributed by atoms with Gasteiger partial charge in [-0.05, 0) is 18.5 Å². The van der Waals surface area contributed by atoms with Gasteiger partial charge in [0.2, 0.25) is 5.91 Å². The molecule has 4 N–H and O–H groups in total. The average molecular weight is 299 g/mol. The molecule has 0 saturated carbocycles. The zero-order valence-corrected chi connectivity index (χ0v) is 12.4. The molecule has 1 aliphatic rings. The minimum Gasteiger partial charge on any atom is -0.324 e. The SMILES string of the molecule is N[C@@H](CC(=O)Nc1ccn([C@H]2CCNC2)n1)c1ccccc1. The first kappa shape index (κ1) is 14.7. The Bertz CT molecular complexity index is 618. The second-order valence-corrected chi connectivity index (χ2v) is 5.60. The highest BCUT2D eigenvalue weighted by Crippen LogP contribution is 2.17. The van der Waals surface area contributed by atoms with Crippen LogP contribution in [0.25, 0.3) is 0 Å². The maximum Gasteiger partial charge on any atom is 0.227 e. The molecule has 116 valence electrons. The Kier molecular flexibility index (Phi) is 4.50. The number of hydrogen-bond donors (Lipinski definition) is 3. The van der Waals surface area contributed by atoms with Crippen molar-refractivity contribution in [2.75, 3.05) is 18.4 Å². The third kappa shape index (κ3) is 3.52. The van der Waals surface area contributed by atoms with E-state index in [-0.39, 0.29) is 18.4 Å². The molecule has 1 fully saturated rings. The molecule has 3 rings (SSSR count). The van der Waals surface area contributed by atoms with E-state index in [9.17, 15) is 4.79 Å². The van der Waals surface area contributed by atoms with E-state index in [1.807, 2.05) is 47.3 Å². The summed E-state index contributed by atoms with van der Waals surface area (Å²) in [7, 11) is 0. The number of rotatable bonds is 5. The molecule has 0 unspecified atom stereocenters. The molecule has 0 bridgehead atoms. The smallest absolute Gasteiger partial charge is 0.227 e. The van der Waals surface area contributed by atoms with Crippen LogP contribution in [0.2, 0.25) is 0 Å². The van der Waals surface area contributed by atoms with Gasteiger partial charge in [0, 0.05) is 31.3 Å². The molecule has 1 aromatic heterocycles. The first-order valence-electron chi connectivity index (χ1n) is 7.58. The molecule has 1 aromatic carbocycles. The number of carbonyl (C=O) groups is 1. The van der Waals surface area contributed by atoms with Crippen molar-refractivity contribution in [1.82, 2.24) is 15.1 Å². The summed E-state index contributed by atoms with van der Waals surface area (Å²) in [5, 5.41) is 10.5. The van der Waals surface area contributed by atoms with Crippen molar-refractivity contribution < 1.29 is 4.79 Å². The van der Waals surface area contributed by atoms with Crippen LogP contribution in [-0.2, 0) is 4.79 Å². The number of anilines is 1. The second-order valence-electron chi connectivity index (χ2n) is 5.60. The molecule has 0 radical (unpaired) electrons. The Hall–Kier alpha value is -2.18. The monoisotopic (exact) mass is 299 g/mol. The average Bonchev–Trinajstić information content (AvgIpc) is 3.19. The van der Waals surface area contributed by atoms with E-state index in [0.717, 1.165) is 25.1 Å². The number of nitrogens with one attached hydrogen (secondary N) is 2. The molecule has 6 heteroatoms. The number of hydrogen-bond acceptors (Lipinski definition) is 4. The lowest BCUT2D eigenvalue weighted by Crippen LogP contribution is -2.21. The standard InChI is InChI=1S/C16H21N5O/c17-14(12-4-2-1-3-5-12)10-16(22)19-15-7-9-21(20-15)13-6-8-18-11-13/h1-5,7,9,13-14,18H,6,8,10-11,17H2,(H,19,20,22)/t13-,14-/m0/s1. The van der Waals surface area contributed by atoms with E-state index < -0.39 is 0 Å². The third-order valence-corrected chi connectivity index (χ3v) is 3.92. The van der Waals surface area contributed by atoms with Gasteiger partial charge in [0.1, 0.15) is 0 Å². The van der Waals surface area contributed by atoms with Crippen molar-refractivity contribution in [3.63, 3.8) is 0 Å². The molecule has 2 heterocycles. The van der Waals surface area contributed by atoms with Crippen molar-refractivity contribution in [2.24, 2.45) is 5.73 Å². The maximum absolute atomic E-state index is 12.1. The van der Waals surface area contributed by atoms with Gasteiger partial charge in [-0.2, -0.15) is 5.10 Å². The van der Waals surface area contributed by atoms with Crippen molar-refractivity contribution in [3.05, 3.63) is 48.2 Å². The number of nitrogens with two attached hydrogens (primary N) is 1. The van der Waals surface area contributed by atoms with Gasteiger partial charge < -0.3 is 16.4 Å². The Morgan fingerprint density at radius 2 is 2.23 bits per heavy atom. The van der Waals surface area contributed by atoms with Gasteiger partial charge >= 0.3 is 0 Å². The first-order valence-corrected chi connectivity index (χ1v) is 7.58. The minimum atomic E-state index is -0.303. The van der Waals surface area contributed by atoms with Crippen LogP contribution in [0, 0.1) is 0 Å². The van der Waals surface area contributed by atoms with E-state index >= 15 is 0 Å². The fourth-order valence-corrected chi connectivity index (χ4v) is 2.68. The van der Waals surface area contributed by atoms with Gasteiger partial charge in [0.25, 0.3) is 0 Å². The summed E-state index contributed by atoms with van der Waals surface area (Å²) in [6.45, 7) is 1.94. The quantitative estimate of drug-likeness (QED) is 0.780. The second kappa shape index (κ2) is 6.72. The number of aromatic nitrogens is 2. The predicted molar refractivity (Wildman–Crippen MR) is 85.4 cm³/mol. The Labute approximate surface area is 129 Å². The first-order chi connectivity index (χ1) is 10.7. The van der Waals surface area contributed by atoms with Gasteiger partial charge in [-0.15, -0.1) is 0 Å². The fraction of sp³-hybridized carbons (Fsp3) is 0.375. The molecule has 6 nitrogen and oxygen atoms in total. The van der Waals surface area contributed by atoms with Gasteiger partial charge in [-0.1, -0.05) is 30.3 Å². The van der Waals surface area contributed by atoms with Crippen molar-refractivity contribution in [3.8, 4) is 0 Å². The molecular weight excluding hydrogens is 278 g/mol. The molecule has 0 aliphatic carbocycles. The lowest BCUT2D eigenvalue weighted by molar-refractivity contribution is -0.116. The van der Waals surface area contributed by atoms with Crippen LogP contribution in [0.15, 0.2) is 42.6 Å². The number of nitrogens with zero attached hydrogens (tertiary/aromatic N) is 2. The zero-order chi connectivity index (χ0) is 15.4. The van der Waals surface area contributed by atoms with E-state index in [1.165, 1.54) is 0 Å².